The van der Waals surface area contributed by atoms with Gasteiger partial charge in [0.05, 0.1) is 11.2 Å². The van der Waals surface area contributed by atoms with E-state index < -0.39 is 0 Å². The van der Waals surface area contributed by atoms with Gasteiger partial charge in [0.1, 0.15) is 0 Å². The zero-order valence-corrected chi connectivity index (χ0v) is 12.0. The average Bonchev–Trinajstić information content (AvgIpc) is 2.54. The molecule has 1 aromatic carbocycles. The summed E-state index contributed by atoms with van der Waals surface area (Å²) in [5.41, 5.74) is 10.3. The van der Waals surface area contributed by atoms with Gasteiger partial charge in [-0.2, -0.15) is 0 Å². The predicted molar refractivity (Wildman–Crippen MR) is 86.0 cm³/mol. The number of para-hydroxylation sites is 1. The summed E-state index contributed by atoms with van der Waals surface area (Å²) >= 11 is 0. The summed E-state index contributed by atoms with van der Waals surface area (Å²) in [6, 6.07) is 12.2. The highest BCUT2D eigenvalue weighted by atomic mass is 15.1. The summed E-state index contributed by atoms with van der Waals surface area (Å²) in [5, 5.41) is 1.13. The summed E-state index contributed by atoms with van der Waals surface area (Å²) in [6.45, 7) is 1.26. The summed E-state index contributed by atoms with van der Waals surface area (Å²) in [5.74, 6) is 0. The topological polar surface area (TPSA) is 55.0 Å². The van der Waals surface area contributed by atoms with Crippen molar-refractivity contribution in [3.8, 4) is 0 Å². The Kier molecular flexibility index (Phi) is 3.79. The maximum atomic E-state index is 5.89. The molecular weight excluding hydrogens is 260 g/mol. The number of nitrogens with two attached hydrogens (primary N) is 1. The van der Waals surface area contributed by atoms with Crippen LogP contribution in [0.2, 0.25) is 0 Å². The molecule has 0 aliphatic heterocycles. The van der Waals surface area contributed by atoms with Crippen LogP contribution < -0.4 is 10.6 Å². The summed E-state index contributed by atoms with van der Waals surface area (Å²) < 4.78 is 0. The van der Waals surface area contributed by atoms with Gasteiger partial charge in [0, 0.05) is 49.7 Å². The molecule has 2 aromatic heterocycles. The quantitative estimate of drug-likeness (QED) is 0.797. The molecule has 0 fully saturated rings. The van der Waals surface area contributed by atoms with Crippen LogP contribution in [0.5, 0.6) is 0 Å². The van der Waals surface area contributed by atoms with E-state index in [0.29, 0.717) is 6.54 Å². The Labute approximate surface area is 124 Å². The van der Waals surface area contributed by atoms with Gasteiger partial charge in [0.2, 0.25) is 0 Å². The number of fused-ring (bicyclic) bond motifs is 1. The molecule has 4 heteroatoms. The average molecular weight is 278 g/mol. The van der Waals surface area contributed by atoms with Gasteiger partial charge >= 0.3 is 0 Å². The molecule has 0 atom stereocenters. The fourth-order valence-corrected chi connectivity index (χ4v) is 2.61. The number of hydrogen-bond donors (Lipinski definition) is 1. The molecule has 106 valence electrons. The van der Waals surface area contributed by atoms with Gasteiger partial charge in [0.25, 0.3) is 0 Å². The predicted octanol–water partition coefficient (Wildman–Crippen LogP) is 2.72. The van der Waals surface area contributed by atoms with Gasteiger partial charge in [-0.05, 0) is 17.7 Å². The third-order valence-corrected chi connectivity index (χ3v) is 3.57. The number of anilines is 1. The minimum atomic E-state index is 0.477. The smallest absolute Gasteiger partial charge is 0.0723 e. The minimum Gasteiger partial charge on any atom is -0.369 e. The number of hydrogen-bond acceptors (Lipinski definition) is 4. The van der Waals surface area contributed by atoms with Crippen LogP contribution >= 0.6 is 0 Å². The lowest BCUT2D eigenvalue weighted by atomic mass is 10.1. The van der Waals surface area contributed by atoms with E-state index in [2.05, 4.69) is 34.0 Å². The summed E-state index contributed by atoms with van der Waals surface area (Å²) in [4.78, 5) is 10.9. The number of aromatic nitrogens is 2. The first-order valence-corrected chi connectivity index (χ1v) is 6.96. The van der Waals surface area contributed by atoms with Gasteiger partial charge in [0.15, 0.2) is 0 Å². The number of nitrogens with zero attached hydrogens (tertiary/aromatic N) is 3. The van der Waals surface area contributed by atoms with Crippen molar-refractivity contribution < 1.29 is 0 Å². The number of rotatable bonds is 4. The molecule has 0 spiro atoms. The Morgan fingerprint density at radius 3 is 2.71 bits per heavy atom. The molecule has 21 heavy (non-hydrogen) atoms. The van der Waals surface area contributed by atoms with E-state index in [-0.39, 0.29) is 0 Å². The van der Waals surface area contributed by atoms with Crippen molar-refractivity contribution in [3.05, 3.63) is 66.1 Å². The van der Waals surface area contributed by atoms with Crippen LogP contribution in [0.4, 0.5) is 5.69 Å². The highest BCUT2D eigenvalue weighted by molar-refractivity contribution is 5.93. The standard InChI is InChI=1S/C17H18N4/c1-21(12-13-5-4-8-19-10-13)17-14(9-18)11-20-16-7-3-2-6-15(16)17/h2-8,10-11H,9,12,18H2,1H3. The molecule has 0 saturated heterocycles. The Bertz CT molecular complexity index is 740. The Hall–Kier alpha value is -2.46. The first kappa shape index (κ1) is 13.5. The maximum Gasteiger partial charge on any atom is 0.0723 e. The van der Waals surface area contributed by atoms with E-state index in [4.69, 9.17) is 5.73 Å². The molecule has 0 saturated carbocycles. The van der Waals surface area contributed by atoms with Crippen molar-refractivity contribution >= 4 is 16.6 Å². The van der Waals surface area contributed by atoms with Gasteiger partial charge in [-0.25, -0.2) is 0 Å². The molecule has 4 nitrogen and oxygen atoms in total. The molecule has 0 amide bonds. The largest absolute Gasteiger partial charge is 0.369 e. The van der Waals surface area contributed by atoms with Crippen LogP contribution in [-0.2, 0) is 13.1 Å². The number of pyridine rings is 2. The first-order valence-electron chi connectivity index (χ1n) is 6.96. The van der Waals surface area contributed by atoms with Crippen LogP contribution in [0.1, 0.15) is 11.1 Å². The van der Waals surface area contributed by atoms with E-state index in [1.165, 1.54) is 5.56 Å². The molecule has 0 radical (unpaired) electrons. The first-order chi connectivity index (χ1) is 10.3. The van der Waals surface area contributed by atoms with Crippen molar-refractivity contribution in [1.82, 2.24) is 9.97 Å². The molecule has 0 unspecified atom stereocenters. The van der Waals surface area contributed by atoms with E-state index in [0.717, 1.165) is 28.7 Å². The van der Waals surface area contributed by atoms with Crippen molar-refractivity contribution in [3.63, 3.8) is 0 Å². The monoisotopic (exact) mass is 278 g/mol. The van der Waals surface area contributed by atoms with Gasteiger partial charge in [-0.15, -0.1) is 0 Å². The van der Waals surface area contributed by atoms with E-state index >= 15 is 0 Å². The third kappa shape index (κ3) is 2.71. The van der Waals surface area contributed by atoms with Gasteiger partial charge in [-0.3, -0.25) is 9.97 Å². The van der Waals surface area contributed by atoms with E-state index in [1.54, 1.807) is 6.20 Å². The van der Waals surface area contributed by atoms with E-state index in [9.17, 15) is 0 Å². The fourth-order valence-electron chi connectivity index (χ4n) is 2.61. The molecule has 2 N–H and O–H groups in total. The highest BCUT2D eigenvalue weighted by Crippen LogP contribution is 2.29. The second kappa shape index (κ2) is 5.89. The van der Waals surface area contributed by atoms with Crippen LogP contribution in [0, 0.1) is 0 Å². The second-order valence-corrected chi connectivity index (χ2v) is 5.07. The lowest BCUT2D eigenvalue weighted by Gasteiger charge is -2.23. The van der Waals surface area contributed by atoms with Crippen molar-refractivity contribution in [2.75, 3.05) is 11.9 Å². The molecule has 0 aliphatic rings. The van der Waals surface area contributed by atoms with Gasteiger partial charge < -0.3 is 10.6 Å². The summed E-state index contributed by atoms with van der Waals surface area (Å²) in [7, 11) is 2.08. The molecule has 0 bridgehead atoms. The Balaban J connectivity index is 2.05. The van der Waals surface area contributed by atoms with E-state index in [1.807, 2.05) is 36.7 Å². The molecule has 2 heterocycles. The van der Waals surface area contributed by atoms with Crippen molar-refractivity contribution in [2.24, 2.45) is 5.73 Å². The van der Waals surface area contributed by atoms with Crippen LogP contribution in [-0.4, -0.2) is 17.0 Å². The van der Waals surface area contributed by atoms with Crippen LogP contribution in [0.15, 0.2) is 55.0 Å². The zero-order valence-electron chi connectivity index (χ0n) is 12.0. The lowest BCUT2D eigenvalue weighted by molar-refractivity contribution is 0.900. The van der Waals surface area contributed by atoms with Crippen molar-refractivity contribution in [1.29, 1.82) is 0 Å². The lowest BCUT2D eigenvalue weighted by Crippen LogP contribution is -2.19. The van der Waals surface area contributed by atoms with Crippen molar-refractivity contribution in [2.45, 2.75) is 13.1 Å². The Morgan fingerprint density at radius 2 is 1.95 bits per heavy atom. The second-order valence-electron chi connectivity index (χ2n) is 5.07. The normalized spacial score (nSPS) is 10.8. The minimum absolute atomic E-state index is 0.477. The highest BCUT2D eigenvalue weighted by Gasteiger charge is 2.12. The molecule has 3 rings (SSSR count). The SMILES string of the molecule is CN(Cc1cccnc1)c1c(CN)cnc2ccccc12. The molecule has 0 aliphatic carbocycles. The fraction of sp³-hybridized carbons (Fsp3) is 0.176. The summed E-state index contributed by atoms with van der Waals surface area (Å²) in [6.07, 6.45) is 5.55. The Morgan fingerprint density at radius 1 is 1.10 bits per heavy atom. The molecular formula is C17H18N4. The zero-order chi connectivity index (χ0) is 14.7. The molecule has 3 aromatic rings. The van der Waals surface area contributed by atoms with Crippen LogP contribution in [0.25, 0.3) is 10.9 Å². The van der Waals surface area contributed by atoms with Gasteiger partial charge in [-0.1, -0.05) is 24.3 Å². The van der Waals surface area contributed by atoms with Crippen LogP contribution in [0.3, 0.4) is 0 Å². The number of benzene rings is 1. The third-order valence-electron chi connectivity index (χ3n) is 3.57. The maximum absolute atomic E-state index is 5.89.